The van der Waals surface area contributed by atoms with E-state index in [0.29, 0.717) is 21.7 Å². The summed E-state index contributed by atoms with van der Waals surface area (Å²) < 4.78 is 1.87. The molecule has 4 aromatic rings. The molecule has 0 aliphatic carbocycles. The zero-order chi connectivity index (χ0) is 22.1. The molecule has 0 saturated carbocycles. The standard InChI is InChI=1S/C24H20ClN5OS/c1-15-12-13-18(14-19(15)25)26-23(31)21-20(16-8-4-2-5-9-16)29-30-22(27-28-24(30)32-21)17-10-6-3-7-11-17/h2-14,20-21,29H,1H3,(H,26,31)/t20-,21-/m1/s1. The summed E-state index contributed by atoms with van der Waals surface area (Å²) in [4.78, 5) is 13.4. The van der Waals surface area contributed by atoms with Gasteiger partial charge in [0.25, 0.3) is 0 Å². The van der Waals surface area contributed by atoms with E-state index in [1.807, 2.05) is 84.4 Å². The molecule has 0 spiro atoms. The average molecular weight is 462 g/mol. The summed E-state index contributed by atoms with van der Waals surface area (Å²) in [6.07, 6.45) is 0. The summed E-state index contributed by atoms with van der Waals surface area (Å²) in [5, 5.41) is 12.5. The molecule has 8 heteroatoms. The molecule has 1 aliphatic heterocycles. The number of hydrogen-bond donors (Lipinski definition) is 2. The van der Waals surface area contributed by atoms with Crippen molar-refractivity contribution in [2.45, 2.75) is 23.4 Å². The molecule has 1 amide bonds. The highest BCUT2D eigenvalue weighted by Gasteiger charge is 2.38. The van der Waals surface area contributed by atoms with Crippen LogP contribution in [0.5, 0.6) is 0 Å². The fourth-order valence-electron chi connectivity index (χ4n) is 3.62. The lowest BCUT2D eigenvalue weighted by molar-refractivity contribution is -0.116. The smallest absolute Gasteiger partial charge is 0.240 e. The number of hydrogen-bond acceptors (Lipinski definition) is 5. The van der Waals surface area contributed by atoms with Crippen molar-refractivity contribution in [2.24, 2.45) is 0 Å². The van der Waals surface area contributed by atoms with E-state index < -0.39 is 5.25 Å². The van der Waals surface area contributed by atoms with E-state index in [-0.39, 0.29) is 11.9 Å². The largest absolute Gasteiger partial charge is 0.325 e. The van der Waals surface area contributed by atoms with E-state index in [4.69, 9.17) is 11.6 Å². The lowest BCUT2D eigenvalue weighted by atomic mass is 10.0. The molecule has 0 unspecified atom stereocenters. The molecule has 1 aliphatic rings. The highest BCUT2D eigenvalue weighted by atomic mass is 35.5. The number of thioether (sulfide) groups is 1. The molecular weight excluding hydrogens is 442 g/mol. The number of halogens is 1. The van der Waals surface area contributed by atoms with Gasteiger partial charge in [0.2, 0.25) is 11.1 Å². The van der Waals surface area contributed by atoms with Crippen LogP contribution in [0.3, 0.4) is 0 Å². The third-order valence-corrected chi connectivity index (χ3v) is 6.95. The Kier molecular flexibility index (Phi) is 5.59. The zero-order valence-electron chi connectivity index (χ0n) is 17.2. The predicted octanol–water partition coefficient (Wildman–Crippen LogP) is 5.30. The minimum absolute atomic E-state index is 0.133. The van der Waals surface area contributed by atoms with Crippen LogP contribution in [-0.2, 0) is 4.79 Å². The molecule has 0 fully saturated rings. The first-order chi connectivity index (χ1) is 15.6. The number of amides is 1. The number of aromatic nitrogens is 3. The highest BCUT2D eigenvalue weighted by Crippen LogP contribution is 2.39. The minimum Gasteiger partial charge on any atom is -0.325 e. The van der Waals surface area contributed by atoms with Gasteiger partial charge >= 0.3 is 0 Å². The van der Waals surface area contributed by atoms with Crippen LogP contribution in [0.25, 0.3) is 11.4 Å². The van der Waals surface area contributed by atoms with Crippen molar-refractivity contribution < 1.29 is 4.79 Å². The first-order valence-electron chi connectivity index (χ1n) is 10.2. The maximum atomic E-state index is 13.4. The number of fused-ring (bicyclic) bond motifs is 1. The van der Waals surface area contributed by atoms with Gasteiger partial charge in [-0.1, -0.05) is 90.1 Å². The van der Waals surface area contributed by atoms with Gasteiger partial charge in [-0.3, -0.25) is 4.79 Å². The number of anilines is 1. The monoisotopic (exact) mass is 461 g/mol. The maximum absolute atomic E-state index is 13.4. The summed E-state index contributed by atoms with van der Waals surface area (Å²) in [6.45, 7) is 1.93. The Morgan fingerprint density at radius 1 is 1.03 bits per heavy atom. The lowest BCUT2D eigenvalue weighted by Crippen LogP contribution is -2.41. The molecule has 160 valence electrons. The Hall–Kier alpha value is -3.29. The average Bonchev–Trinajstić information content (AvgIpc) is 3.25. The van der Waals surface area contributed by atoms with E-state index in [9.17, 15) is 4.79 Å². The summed E-state index contributed by atoms with van der Waals surface area (Å²) in [6, 6.07) is 25.0. The number of benzene rings is 3. The zero-order valence-corrected chi connectivity index (χ0v) is 18.8. The number of aryl methyl sites for hydroxylation is 1. The van der Waals surface area contributed by atoms with Crippen LogP contribution in [0.4, 0.5) is 5.69 Å². The summed E-state index contributed by atoms with van der Waals surface area (Å²) in [7, 11) is 0. The topological polar surface area (TPSA) is 71.8 Å². The molecule has 0 saturated heterocycles. The van der Waals surface area contributed by atoms with Gasteiger partial charge < -0.3 is 10.7 Å². The Labute approximate surface area is 195 Å². The van der Waals surface area contributed by atoms with Crippen LogP contribution in [0.2, 0.25) is 5.02 Å². The van der Waals surface area contributed by atoms with Crippen molar-refractivity contribution in [3.63, 3.8) is 0 Å². The number of carbonyl (C=O) groups excluding carboxylic acids is 1. The van der Waals surface area contributed by atoms with E-state index >= 15 is 0 Å². The van der Waals surface area contributed by atoms with Gasteiger partial charge in [-0.25, -0.2) is 4.68 Å². The fraction of sp³-hybridized carbons (Fsp3) is 0.125. The van der Waals surface area contributed by atoms with E-state index in [2.05, 4.69) is 20.9 Å². The van der Waals surface area contributed by atoms with Crippen LogP contribution in [-0.4, -0.2) is 26.0 Å². The molecule has 2 heterocycles. The second-order valence-electron chi connectivity index (χ2n) is 7.52. The Bertz CT molecular complexity index is 1260. The number of nitrogens with one attached hydrogen (secondary N) is 2. The molecule has 6 nitrogen and oxygen atoms in total. The van der Waals surface area contributed by atoms with Crippen LogP contribution in [0.1, 0.15) is 17.2 Å². The van der Waals surface area contributed by atoms with E-state index in [0.717, 1.165) is 16.7 Å². The Balaban J connectivity index is 1.50. The summed E-state index contributed by atoms with van der Waals surface area (Å²) >= 11 is 7.64. The number of rotatable bonds is 4. The molecule has 1 aromatic heterocycles. The van der Waals surface area contributed by atoms with Crippen molar-refractivity contribution in [3.05, 3.63) is 95.0 Å². The van der Waals surface area contributed by atoms with Gasteiger partial charge in [-0.05, 0) is 30.2 Å². The van der Waals surface area contributed by atoms with Crippen LogP contribution < -0.4 is 10.7 Å². The van der Waals surface area contributed by atoms with Crippen molar-refractivity contribution in [3.8, 4) is 11.4 Å². The first-order valence-corrected chi connectivity index (χ1v) is 11.4. The van der Waals surface area contributed by atoms with Gasteiger partial charge in [0.15, 0.2) is 5.82 Å². The maximum Gasteiger partial charge on any atom is 0.240 e. The normalized spacial score (nSPS) is 17.3. The second kappa shape index (κ2) is 8.68. The second-order valence-corrected chi connectivity index (χ2v) is 9.03. The van der Waals surface area contributed by atoms with Gasteiger partial charge in [0.1, 0.15) is 5.25 Å². The number of carbonyl (C=O) groups is 1. The molecule has 2 N–H and O–H groups in total. The van der Waals surface area contributed by atoms with E-state index in [1.165, 1.54) is 11.8 Å². The van der Waals surface area contributed by atoms with Crippen molar-refractivity contribution >= 4 is 35.0 Å². The molecule has 5 rings (SSSR count). The molecule has 0 bridgehead atoms. The van der Waals surface area contributed by atoms with Gasteiger partial charge in [-0.2, -0.15) is 0 Å². The Morgan fingerprint density at radius 2 is 1.75 bits per heavy atom. The van der Waals surface area contributed by atoms with Crippen molar-refractivity contribution in [1.29, 1.82) is 0 Å². The Morgan fingerprint density at radius 3 is 2.47 bits per heavy atom. The summed E-state index contributed by atoms with van der Waals surface area (Å²) in [5.41, 5.74) is 7.05. The van der Waals surface area contributed by atoms with Crippen LogP contribution in [0, 0.1) is 6.92 Å². The molecular formula is C24H20ClN5OS. The fourth-order valence-corrected chi connectivity index (χ4v) is 4.88. The highest BCUT2D eigenvalue weighted by molar-refractivity contribution is 8.00. The SMILES string of the molecule is Cc1ccc(NC(=O)[C@@H]2Sc3nnc(-c4ccccc4)n3N[C@@H]2c2ccccc2)cc1Cl. The quantitative estimate of drug-likeness (QED) is 0.431. The van der Waals surface area contributed by atoms with Crippen LogP contribution >= 0.6 is 23.4 Å². The minimum atomic E-state index is -0.460. The predicted molar refractivity (Wildman–Crippen MR) is 128 cm³/mol. The molecule has 3 aromatic carbocycles. The third kappa shape index (κ3) is 3.97. The van der Waals surface area contributed by atoms with Gasteiger partial charge in [0, 0.05) is 16.3 Å². The van der Waals surface area contributed by atoms with Gasteiger partial charge in [-0.15, -0.1) is 10.2 Å². The van der Waals surface area contributed by atoms with E-state index in [1.54, 1.807) is 6.07 Å². The van der Waals surface area contributed by atoms with Crippen molar-refractivity contribution in [1.82, 2.24) is 14.9 Å². The van der Waals surface area contributed by atoms with Crippen LogP contribution in [0.15, 0.2) is 84.0 Å². The number of nitrogens with zero attached hydrogens (tertiary/aromatic N) is 3. The lowest BCUT2D eigenvalue weighted by Gasteiger charge is -2.33. The molecule has 0 radical (unpaired) electrons. The van der Waals surface area contributed by atoms with Gasteiger partial charge in [0.05, 0.1) is 6.04 Å². The first kappa shape index (κ1) is 20.6. The third-order valence-electron chi connectivity index (χ3n) is 5.33. The molecule has 32 heavy (non-hydrogen) atoms. The van der Waals surface area contributed by atoms with Crippen molar-refractivity contribution in [2.75, 3.05) is 10.7 Å². The molecule has 2 atom stereocenters. The summed E-state index contributed by atoms with van der Waals surface area (Å²) in [5.74, 6) is 0.574.